The zero-order chi connectivity index (χ0) is 10.3. The molecule has 1 heterocycles. The molecule has 0 fully saturated rings. The van der Waals surface area contributed by atoms with Gasteiger partial charge in [-0.15, -0.1) is 0 Å². The molecule has 0 saturated heterocycles. The van der Waals surface area contributed by atoms with Gasteiger partial charge in [0, 0.05) is 19.1 Å². The standard InChI is InChI=1S/C12H18N2/c1-8-6-5-7-11-12(8)13-9(2)10(3)14(11)4/h5-7,9-10,13H,1-4H3. The summed E-state index contributed by atoms with van der Waals surface area (Å²) in [4.78, 5) is 2.35. The molecule has 0 aromatic heterocycles. The summed E-state index contributed by atoms with van der Waals surface area (Å²) >= 11 is 0. The van der Waals surface area contributed by atoms with E-state index in [0.29, 0.717) is 12.1 Å². The summed E-state index contributed by atoms with van der Waals surface area (Å²) < 4.78 is 0. The van der Waals surface area contributed by atoms with Gasteiger partial charge in [0.05, 0.1) is 11.4 Å². The van der Waals surface area contributed by atoms with Crippen LogP contribution in [0.1, 0.15) is 19.4 Å². The second-order valence-corrected chi connectivity index (χ2v) is 4.25. The molecule has 2 heteroatoms. The Bertz CT molecular complexity index is 346. The Morgan fingerprint density at radius 3 is 2.71 bits per heavy atom. The number of anilines is 2. The molecular formula is C12H18N2. The normalized spacial score (nSPS) is 25.6. The van der Waals surface area contributed by atoms with Gasteiger partial charge in [-0.2, -0.15) is 0 Å². The Kier molecular flexibility index (Phi) is 2.14. The van der Waals surface area contributed by atoms with Gasteiger partial charge in [-0.25, -0.2) is 0 Å². The van der Waals surface area contributed by atoms with Crippen molar-refractivity contribution in [3.05, 3.63) is 23.8 Å². The SMILES string of the molecule is Cc1cccc2c1NC(C)C(C)N2C. The first-order valence-electron chi connectivity index (χ1n) is 5.20. The zero-order valence-corrected chi connectivity index (χ0v) is 9.33. The van der Waals surface area contributed by atoms with E-state index in [1.165, 1.54) is 16.9 Å². The van der Waals surface area contributed by atoms with Gasteiger partial charge in [0.2, 0.25) is 0 Å². The summed E-state index contributed by atoms with van der Waals surface area (Å²) in [5.74, 6) is 0. The summed E-state index contributed by atoms with van der Waals surface area (Å²) in [5.41, 5.74) is 3.93. The second-order valence-electron chi connectivity index (χ2n) is 4.25. The van der Waals surface area contributed by atoms with Gasteiger partial charge in [0.1, 0.15) is 0 Å². The van der Waals surface area contributed by atoms with Crippen LogP contribution in [0.15, 0.2) is 18.2 Å². The van der Waals surface area contributed by atoms with Crippen molar-refractivity contribution >= 4 is 11.4 Å². The van der Waals surface area contributed by atoms with Gasteiger partial charge < -0.3 is 10.2 Å². The van der Waals surface area contributed by atoms with Gasteiger partial charge in [-0.3, -0.25) is 0 Å². The molecule has 1 N–H and O–H groups in total. The first-order chi connectivity index (χ1) is 6.61. The average Bonchev–Trinajstić information content (AvgIpc) is 2.17. The number of rotatable bonds is 0. The molecule has 76 valence electrons. The number of benzene rings is 1. The van der Waals surface area contributed by atoms with E-state index in [4.69, 9.17) is 0 Å². The lowest BCUT2D eigenvalue weighted by atomic mass is 10.0. The molecule has 2 atom stereocenters. The van der Waals surface area contributed by atoms with E-state index < -0.39 is 0 Å². The highest BCUT2D eigenvalue weighted by Crippen LogP contribution is 2.34. The fourth-order valence-electron chi connectivity index (χ4n) is 2.04. The van der Waals surface area contributed by atoms with E-state index in [1.54, 1.807) is 0 Å². The number of hydrogen-bond donors (Lipinski definition) is 1. The molecule has 14 heavy (non-hydrogen) atoms. The van der Waals surface area contributed by atoms with Crippen LogP contribution in [0.2, 0.25) is 0 Å². The lowest BCUT2D eigenvalue weighted by Gasteiger charge is -2.40. The Morgan fingerprint density at radius 2 is 2.00 bits per heavy atom. The molecule has 1 aromatic rings. The van der Waals surface area contributed by atoms with E-state index in [9.17, 15) is 0 Å². The Balaban J connectivity index is 2.50. The fraction of sp³-hybridized carbons (Fsp3) is 0.500. The Labute approximate surface area is 85.9 Å². The first kappa shape index (κ1) is 9.38. The van der Waals surface area contributed by atoms with Gasteiger partial charge in [0.25, 0.3) is 0 Å². The monoisotopic (exact) mass is 190 g/mol. The summed E-state index contributed by atoms with van der Waals surface area (Å²) in [5, 5.41) is 3.57. The first-order valence-corrected chi connectivity index (χ1v) is 5.20. The number of hydrogen-bond acceptors (Lipinski definition) is 2. The zero-order valence-electron chi connectivity index (χ0n) is 9.33. The van der Waals surface area contributed by atoms with Crippen LogP contribution >= 0.6 is 0 Å². The van der Waals surface area contributed by atoms with Crippen molar-refractivity contribution in [2.75, 3.05) is 17.3 Å². The van der Waals surface area contributed by atoms with Crippen LogP contribution in [-0.4, -0.2) is 19.1 Å². The molecule has 0 bridgehead atoms. The van der Waals surface area contributed by atoms with Crippen LogP contribution in [0.4, 0.5) is 11.4 Å². The number of nitrogens with zero attached hydrogens (tertiary/aromatic N) is 1. The number of aryl methyl sites for hydroxylation is 1. The minimum absolute atomic E-state index is 0.508. The average molecular weight is 190 g/mol. The summed E-state index contributed by atoms with van der Waals surface area (Å²) in [7, 11) is 2.17. The smallest absolute Gasteiger partial charge is 0.0610 e. The van der Waals surface area contributed by atoms with E-state index in [1.807, 2.05) is 0 Å². The lowest BCUT2D eigenvalue weighted by molar-refractivity contribution is 0.586. The van der Waals surface area contributed by atoms with E-state index in [2.05, 4.69) is 56.2 Å². The number of likely N-dealkylation sites (N-methyl/N-ethyl adjacent to an activating group) is 1. The van der Waals surface area contributed by atoms with E-state index in [0.717, 1.165) is 0 Å². The summed E-state index contributed by atoms with van der Waals surface area (Å²) in [6, 6.07) is 7.51. The molecule has 2 rings (SSSR count). The highest BCUT2D eigenvalue weighted by molar-refractivity contribution is 5.76. The van der Waals surface area contributed by atoms with Crippen LogP contribution in [-0.2, 0) is 0 Å². The Hall–Kier alpha value is -1.18. The number of fused-ring (bicyclic) bond motifs is 1. The minimum Gasteiger partial charge on any atom is -0.379 e. The molecule has 0 radical (unpaired) electrons. The minimum atomic E-state index is 0.508. The topological polar surface area (TPSA) is 15.3 Å². The highest BCUT2D eigenvalue weighted by Gasteiger charge is 2.25. The van der Waals surface area contributed by atoms with E-state index in [-0.39, 0.29) is 0 Å². The largest absolute Gasteiger partial charge is 0.379 e. The third-order valence-electron chi connectivity index (χ3n) is 3.34. The maximum Gasteiger partial charge on any atom is 0.0610 e. The predicted molar refractivity (Wildman–Crippen MR) is 62.1 cm³/mol. The fourth-order valence-corrected chi connectivity index (χ4v) is 2.04. The number of nitrogens with one attached hydrogen (secondary N) is 1. The van der Waals surface area contributed by atoms with Crippen molar-refractivity contribution < 1.29 is 0 Å². The molecule has 0 amide bonds. The summed E-state index contributed by atoms with van der Waals surface area (Å²) in [6.45, 7) is 6.64. The van der Waals surface area contributed by atoms with E-state index >= 15 is 0 Å². The third kappa shape index (κ3) is 1.26. The molecular weight excluding hydrogens is 172 g/mol. The molecule has 1 aromatic carbocycles. The molecule has 0 saturated carbocycles. The van der Waals surface area contributed by atoms with Crippen LogP contribution in [0.5, 0.6) is 0 Å². The molecule has 1 aliphatic heterocycles. The maximum absolute atomic E-state index is 3.57. The van der Waals surface area contributed by atoms with Crippen molar-refractivity contribution in [3.8, 4) is 0 Å². The Morgan fingerprint density at radius 1 is 1.29 bits per heavy atom. The van der Waals surface area contributed by atoms with Crippen molar-refractivity contribution in [3.63, 3.8) is 0 Å². The van der Waals surface area contributed by atoms with Crippen molar-refractivity contribution in [1.82, 2.24) is 0 Å². The molecule has 0 spiro atoms. The van der Waals surface area contributed by atoms with Crippen molar-refractivity contribution in [2.24, 2.45) is 0 Å². The second kappa shape index (κ2) is 3.19. The van der Waals surface area contributed by atoms with Crippen molar-refractivity contribution in [1.29, 1.82) is 0 Å². The van der Waals surface area contributed by atoms with Crippen LogP contribution in [0.3, 0.4) is 0 Å². The maximum atomic E-state index is 3.57. The van der Waals surface area contributed by atoms with Gasteiger partial charge in [0.15, 0.2) is 0 Å². The van der Waals surface area contributed by atoms with Crippen LogP contribution in [0.25, 0.3) is 0 Å². The molecule has 0 aliphatic carbocycles. The van der Waals surface area contributed by atoms with Gasteiger partial charge in [-0.05, 0) is 32.4 Å². The number of para-hydroxylation sites is 1. The predicted octanol–water partition coefficient (Wildman–Crippen LogP) is 2.63. The van der Waals surface area contributed by atoms with Crippen LogP contribution in [0, 0.1) is 6.92 Å². The van der Waals surface area contributed by atoms with Crippen LogP contribution < -0.4 is 10.2 Å². The van der Waals surface area contributed by atoms with Gasteiger partial charge in [-0.1, -0.05) is 12.1 Å². The van der Waals surface area contributed by atoms with Gasteiger partial charge >= 0.3 is 0 Å². The molecule has 2 unspecified atom stereocenters. The highest BCUT2D eigenvalue weighted by atomic mass is 15.2. The van der Waals surface area contributed by atoms with Crippen molar-refractivity contribution in [2.45, 2.75) is 32.9 Å². The third-order valence-corrected chi connectivity index (χ3v) is 3.34. The summed E-state index contributed by atoms with van der Waals surface area (Å²) in [6.07, 6.45) is 0. The lowest BCUT2D eigenvalue weighted by Crippen LogP contribution is -2.45. The molecule has 2 nitrogen and oxygen atoms in total. The quantitative estimate of drug-likeness (QED) is 0.676. The molecule has 1 aliphatic rings.